The molecule has 1 aromatic rings. The Morgan fingerprint density at radius 2 is 1.90 bits per heavy atom. The average molecular weight is 423 g/mol. The van der Waals surface area contributed by atoms with Crippen molar-refractivity contribution in [3.05, 3.63) is 42.5 Å². The molecule has 1 aromatic carbocycles. The quantitative estimate of drug-likeness (QED) is 0.316. The molecule has 0 saturated heterocycles. The second kappa shape index (κ2) is 9.78. The molecule has 0 aromatic heterocycles. The van der Waals surface area contributed by atoms with Crippen molar-refractivity contribution in [1.29, 1.82) is 0 Å². The highest BCUT2D eigenvalue weighted by Crippen LogP contribution is 2.10. The van der Waals surface area contributed by atoms with Gasteiger partial charge >= 0.3 is 0 Å². The zero-order valence-corrected chi connectivity index (χ0v) is 15.4. The molecule has 0 atom stereocenters. The van der Waals surface area contributed by atoms with Crippen molar-refractivity contribution >= 4 is 39.8 Å². The highest BCUT2D eigenvalue weighted by atomic mass is 127. The SMILES string of the molecule is C=CCNC(=NC)NCCc1ccc(S(C)(=O)=O)cc1.I. The fourth-order valence-corrected chi connectivity index (χ4v) is 2.25. The van der Waals surface area contributed by atoms with Crippen molar-refractivity contribution < 1.29 is 8.42 Å². The van der Waals surface area contributed by atoms with E-state index in [0.29, 0.717) is 11.4 Å². The van der Waals surface area contributed by atoms with Crippen LogP contribution in [0, 0.1) is 0 Å². The Hall–Kier alpha value is -1.09. The monoisotopic (exact) mass is 423 g/mol. The lowest BCUT2D eigenvalue weighted by Gasteiger charge is -2.10. The molecule has 7 heteroatoms. The Bertz CT molecular complexity index is 568. The Morgan fingerprint density at radius 1 is 1.29 bits per heavy atom. The first-order valence-electron chi connectivity index (χ1n) is 6.32. The van der Waals surface area contributed by atoms with Gasteiger partial charge in [-0.25, -0.2) is 8.42 Å². The molecular weight excluding hydrogens is 401 g/mol. The third-order valence-corrected chi connectivity index (χ3v) is 3.82. The van der Waals surface area contributed by atoms with Crippen LogP contribution in [-0.4, -0.2) is 40.8 Å². The molecule has 5 nitrogen and oxygen atoms in total. The van der Waals surface area contributed by atoms with Gasteiger partial charge in [-0.1, -0.05) is 18.2 Å². The lowest BCUT2D eigenvalue weighted by molar-refractivity contribution is 0.602. The van der Waals surface area contributed by atoms with Crippen molar-refractivity contribution in [2.24, 2.45) is 4.99 Å². The number of hydrogen-bond donors (Lipinski definition) is 2. The summed E-state index contributed by atoms with van der Waals surface area (Å²) < 4.78 is 22.7. The highest BCUT2D eigenvalue weighted by molar-refractivity contribution is 14.0. The molecule has 21 heavy (non-hydrogen) atoms. The number of halogens is 1. The molecule has 118 valence electrons. The third-order valence-electron chi connectivity index (χ3n) is 2.70. The van der Waals surface area contributed by atoms with Gasteiger partial charge in [0, 0.05) is 26.4 Å². The number of sulfone groups is 1. The van der Waals surface area contributed by atoms with Gasteiger partial charge in [0.25, 0.3) is 0 Å². The van der Waals surface area contributed by atoms with Crippen LogP contribution in [0.3, 0.4) is 0 Å². The zero-order valence-electron chi connectivity index (χ0n) is 12.3. The molecule has 2 N–H and O–H groups in total. The van der Waals surface area contributed by atoms with E-state index >= 15 is 0 Å². The van der Waals surface area contributed by atoms with Crippen LogP contribution >= 0.6 is 24.0 Å². The van der Waals surface area contributed by atoms with E-state index in [0.717, 1.165) is 24.5 Å². The molecule has 1 rings (SSSR count). The van der Waals surface area contributed by atoms with Crippen LogP contribution in [0.1, 0.15) is 5.56 Å². The van der Waals surface area contributed by atoms with E-state index in [1.54, 1.807) is 25.3 Å². The van der Waals surface area contributed by atoms with Crippen molar-refractivity contribution in [3.63, 3.8) is 0 Å². The van der Waals surface area contributed by atoms with E-state index in [-0.39, 0.29) is 24.0 Å². The van der Waals surface area contributed by atoms with E-state index in [1.807, 2.05) is 12.1 Å². The predicted molar refractivity (Wildman–Crippen MR) is 98.2 cm³/mol. The molecule has 0 heterocycles. The highest BCUT2D eigenvalue weighted by Gasteiger charge is 2.05. The molecule has 0 spiro atoms. The summed E-state index contributed by atoms with van der Waals surface area (Å²) in [7, 11) is -1.41. The van der Waals surface area contributed by atoms with E-state index in [4.69, 9.17) is 0 Å². The second-order valence-corrected chi connectivity index (χ2v) is 6.35. The Labute approximate surface area is 143 Å². The van der Waals surface area contributed by atoms with Crippen molar-refractivity contribution in [2.45, 2.75) is 11.3 Å². The molecule has 0 saturated carbocycles. The Morgan fingerprint density at radius 3 is 2.38 bits per heavy atom. The molecule has 0 aliphatic rings. The van der Waals surface area contributed by atoms with E-state index in [2.05, 4.69) is 22.2 Å². The zero-order chi connectivity index (χ0) is 15.0. The fraction of sp³-hybridized carbons (Fsp3) is 0.357. The third kappa shape index (κ3) is 7.47. The minimum atomic E-state index is -3.12. The number of guanidine groups is 1. The molecule has 0 fully saturated rings. The second-order valence-electron chi connectivity index (χ2n) is 4.33. The van der Waals surface area contributed by atoms with Crippen LogP contribution in [0.5, 0.6) is 0 Å². The maximum absolute atomic E-state index is 11.3. The first-order valence-corrected chi connectivity index (χ1v) is 8.21. The van der Waals surface area contributed by atoms with Gasteiger partial charge in [-0.3, -0.25) is 4.99 Å². The van der Waals surface area contributed by atoms with Gasteiger partial charge in [0.2, 0.25) is 0 Å². The first-order chi connectivity index (χ1) is 9.47. The van der Waals surface area contributed by atoms with Gasteiger partial charge in [-0.2, -0.15) is 0 Å². The minimum Gasteiger partial charge on any atom is -0.356 e. The summed E-state index contributed by atoms with van der Waals surface area (Å²) in [5, 5.41) is 6.25. The van der Waals surface area contributed by atoms with Crippen LogP contribution in [0.25, 0.3) is 0 Å². The lowest BCUT2D eigenvalue weighted by atomic mass is 10.1. The molecular formula is C14H22IN3O2S. The van der Waals surface area contributed by atoms with Gasteiger partial charge in [-0.15, -0.1) is 30.6 Å². The summed E-state index contributed by atoms with van der Waals surface area (Å²) in [5.41, 5.74) is 1.07. The summed E-state index contributed by atoms with van der Waals surface area (Å²) in [6.45, 7) is 5.00. The Kier molecular flexibility index (Phi) is 9.27. The normalized spacial score (nSPS) is 11.4. The van der Waals surface area contributed by atoms with Crippen LogP contribution in [-0.2, 0) is 16.3 Å². The lowest BCUT2D eigenvalue weighted by Crippen LogP contribution is -2.38. The van der Waals surface area contributed by atoms with Crippen LogP contribution in [0.2, 0.25) is 0 Å². The molecule has 0 bridgehead atoms. The first kappa shape index (κ1) is 19.9. The summed E-state index contributed by atoms with van der Waals surface area (Å²) in [6.07, 6.45) is 3.76. The maximum atomic E-state index is 11.3. The number of nitrogens with one attached hydrogen (secondary N) is 2. The number of hydrogen-bond acceptors (Lipinski definition) is 3. The summed E-state index contributed by atoms with van der Waals surface area (Å²) >= 11 is 0. The number of benzene rings is 1. The Balaban J connectivity index is 0.00000400. The fourth-order valence-electron chi connectivity index (χ4n) is 1.62. The number of rotatable bonds is 6. The maximum Gasteiger partial charge on any atom is 0.191 e. The van der Waals surface area contributed by atoms with Gasteiger partial charge in [-0.05, 0) is 24.1 Å². The van der Waals surface area contributed by atoms with Crippen molar-refractivity contribution in [2.75, 3.05) is 26.4 Å². The topological polar surface area (TPSA) is 70.6 Å². The minimum absolute atomic E-state index is 0. The number of nitrogens with zero attached hydrogens (tertiary/aromatic N) is 1. The summed E-state index contributed by atoms with van der Waals surface area (Å²) in [4.78, 5) is 4.42. The van der Waals surface area contributed by atoms with E-state index < -0.39 is 9.84 Å². The van der Waals surface area contributed by atoms with E-state index in [9.17, 15) is 8.42 Å². The largest absolute Gasteiger partial charge is 0.356 e. The van der Waals surface area contributed by atoms with Crippen LogP contribution in [0.4, 0.5) is 0 Å². The van der Waals surface area contributed by atoms with Gasteiger partial charge < -0.3 is 10.6 Å². The predicted octanol–water partition coefficient (Wildman–Crippen LogP) is 1.60. The van der Waals surface area contributed by atoms with E-state index in [1.165, 1.54) is 6.26 Å². The molecule has 0 radical (unpaired) electrons. The summed E-state index contributed by atoms with van der Waals surface area (Å²) in [5.74, 6) is 0.720. The molecule has 0 aliphatic heterocycles. The van der Waals surface area contributed by atoms with Crippen LogP contribution in [0.15, 0.2) is 46.8 Å². The smallest absolute Gasteiger partial charge is 0.191 e. The summed E-state index contributed by atoms with van der Waals surface area (Å²) in [6, 6.07) is 6.93. The van der Waals surface area contributed by atoms with Crippen molar-refractivity contribution in [1.82, 2.24) is 10.6 Å². The molecule has 0 unspecified atom stereocenters. The van der Waals surface area contributed by atoms with Gasteiger partial charge in [0.15, 0.2) is 15.8 Å². The van der Waals surface area contributed by atoms with Crippen molar-refractivity contribution in [3.8, 4) is 0 Å². The standard InChI is InChI=1S/C14H21N3O2S.HI/c1-4-10-16-14(15-2)17-11-9-12-5-7-13(8-6-12)20(3,18)19;/h4-8H,1,9-11H2,2-3H3,(H2,15,16,17);1H. The molecule has 0 aliphatic carbocycles. The van der Waals surface area contributed by atoms with Gasteiger partial charge in [0.1, 0.15) is 0 Å². The number of aliphatic imine (C=N–C) groups is 1. The average Bonchev–Trinajstić information content (AvgIpc) is 2.42. The molecule has 0 amide bonds. The van der Waals surface area contributed by atoms with Crippen LogP contribution < -0.4 is 10.6 Å². The van der Waals surface area contributed by atoms with Gasteiger partial charge in [0.05, 0.1) is 4.90 Å².